The number of nitrogens with zero attached hydrogens (tertiary/aromatic N) is 5. The van der Waals surface area contributed by atoms with Crippen molar-refractivity contribution in [2.45, 2.75) is 32.3 Å². The molecule has 0 spiro atoms. The molecule has 0 saturated carbocycles. The van der Waals surface area contributed by atoms with Crippen molar-refractivity contribution in [3.8, 4) is 0 Å². The van der Waals surface area contributed by atoms with E-state index in [0.717, 1.165) is 97.9 Å². The third-order valence-electron chi connectivity index (χ3n) is 6.77. The molecule has 3 heterocycles. The van der Waals surface area contributed by atoms with Crippen LogP contribution in [0, 0.1) is 0 Å². The van der Waals surface area contributed by atoms with Gasteiger partial charge in [0.15, 0.2) is 0 Å². The van der Waals surface area contributed by atoms with E-state index in [1.807, 2.05) is 4.90 Å². The maximum atomic E-state index is 12.3. The van der Waals surface area contributed by atoms with Crippen LogP contribution in [0.1, 0.15) is 26.2 Å². The summed E-state index contributed by atoms with van der Waals surface area (Å²) in [5.41, 5.74) is 0. The quantitative estimate of drug-likeness (QED) is 0.429. The molecule has 0 aromatic heterocycles. The minimum atomic E-state index is -0.151. The first-order valence-corrected chi connectivity index (χ1v) is 12.0. The summed E-state index contributed by atoms with van der Waals surface area (Å²) in [6.45, 7) is 16.2. The second kappa shape index (κ2) is 12.6. The van der Waals surface area contributed by atoms with Gasteiger partial charge in [-0.1, -0.05) is 6.92 Å². The van der Waals surface area contributed by atoms with Crippen LogP contribution >= 0.6 is 0 Å². The first kappa shape index (κ1) is 24.2. The van der Waals surface area contributed by atoms with Crippen molar-refractivity contribution in [2.75, 3.05) is 98.7 Å². The Balaban J connectivity index is 1.26. The molecule has 9 nitrogen and oxygen atoms in total. The highest BCUT2D eigenvalue weighted by molar-refractivity contribution is 5.70. The van der Waals surface area contributed by atoms with E-state index in [0.29, 0.717) is 13.0 Å². The van der Waals surface area contributed by atoms with Gasteiger partial charge in [0.1, 0.15) is 6.10 Å². The predicted octanol–water partition coefficient (Wildman–Crippen LogP) is 0.406. The minimum absolute atomic E-state index is 0.0218. The highest BCUT2D eigenvalue weighted by atomic mass is 16.6. The Morgan fingerprint density at radius 2 is 1.48 bits per heavy atom. The molecule has 178 valence electrons. The molecule has 3 rings (SSSR count). The van der Waals surface area contributed by atoms with Crippen LogP contribution < -0.4 is 0 Å². The molecule has 9 heteroatoms. The van der Waals surface area contributed by atoms with E-state index in [1.165, 1.54) is 7.11 Å². The Bertz CT molecular complexity index is 562. The molecule has 3 aliphatic heterocycles. The van der Waals surface area contributed by atoms with E-state index >= 15 is 0 Å². The lowest BCUT2D eigenvalue weighted by Crippen LogP contribution is -2.49. The molecule has 3 aliphatic rings. The normalized spacial score (nSPS) is 24.5. The van der Waals surface area contributed by atoms with Crippen LogP contribution in [0.2, 0.25) is 0 Å². The van der Waals surface area contributed by atoms with Crippen molar-refractivity contribution >= 4 is 12.1 Å². The zero-order valence-electron chi connectivity index (χ0n) is 19.5. The number of ether oxygens (including phenoxy) is 2. The van der Waals surface area contributed by atoms with Crippen LogP contribution in [0.15, 0.2) is 0 Å². The summed E-state index contributed by atoms with van der Waals surface area (Å²) in [4.78, 5) is 35.2. The van der Waals surface area contributed by atoms with E-state index < -0.39 is 0 Å². The van der Waals surface area contributed by atoms with E-state index in [2.05, 4.69) is 26.5 Å². The van der Waals surface area contributed by atoms with E-state index in [9.17, 15) is 9.59 Å². The van der Waals surface area contributed by atoms with E-state index in [4.69, 9.17) is 9.47 Å². The summed E-state index contributed by atoms with van der Waals surface area (Å²) >= 11 is 0. The number of rotatable bonds is 11. The molecule has 0 aromatic carbocycles. The Kier molecular flexibility index (Phi) is 9.83. The van der Waals surface area contributed by atoms with Gasteiger partial charge in [-0.25, -0.2) is 4.79 Å². The first-order valence-electron chi connectivity index (χ1n) is 12.0. The van der Waals surface area contributed by atoms with Gasteiger partial charge in [-0.15, -0.1) is 0 Å². The molecule has 3 saturated heterocycles. The van der Waals surface area contributed by atoms with Crippen LogP contribution in [0.25, 0.3) is 0 Å². The van der Waals surface area contributed by atoms with E-state index in [-0.39, 0.29) is 18.2 Å². The first-order chi connectivity index (χ1) is 15.1. The van der Waals surface area contributed by atoms with Gasteiger partial charge >= 0.3 is 12.1 Å². The van der Waals surface area contributed by atoms with Gasteiger partial charge in [0, 0.05) is 71.9 Å². The molecular formula is C22H41N5O4. The summed E-state index contributed by atoms with van der Waals surface area (Å²) in [6.07, 6.45) is 2.17. The number of likely N-dealkylation sites (N-methyl/N-ethyl adjacent to an activating group) is 1. The van der Waals surface area contributed by atoms with Gasteiger partial charge in [-0.05, 0) is 32.5 Å². The smallest absolute Gasteiger partial charge is 0.410 e. The Morgan fingerprint density at radius 3 is 2.10 bits per heavy atom. The third kappa shape index (κ3) is 7.89. The number of carbonyl (C=O) groups is 2. The number of cyclic esters (lactones) is 1. The maximum Gasteiger partial charge on any atom is 0.410 e. The monoisotopic (exact) mass is 439 g/mol. The summed E-state index contributed by atoms with van der Waals surface area (Å²) in [7, 11) is 1.44. The van der Waals surface area contributed by atoms with Crippen LogP contribution in [0.4, 0.5) is 4.79 Å². The molecular weight excluding hydrogens is 398 g/mol. The fraction of sp³-hybridized carbons (Fsp3) is 0.909. The van der Waals surface area contributed by atoms with Crippen molar-refractivity contribution in [2.24, 2.45) is 0 Å². The summed E-state index contributed by atoms with van der Waals surface area (Å²) in [5.74, 6) is -0.134. The average molecular weight is 440 g/mol. The standard InChI is InChI=1S/C22H41N5O4/c1-3-23-10-12-25(13-11-23)8-5-9-27-19-20(31-22(27)29)18-26-16-14-24(15-17-26)7-4-6-21(28)30-2/h20H,3-19H2,1-2H3. The zero-order chi connectivity index (χ0) is 22.1. The molecule has 0 aromatic rings. The number of piperazine rings is 2. The number of hydrogen-bond acceptors (Lipinski definition) is 8. The van der Waals surface area contributed by atoms with Crippen LogP contribution in [-0.2, 0) is 14.3 Å². The Hall–Kier alpha value is -1.42. The Morgan fingerprint density at radius 1 is 0.903 bits per heavy atom. The predicted molar refractivity (Wildman–Crippen MR) is 119 cm³/mol. The van der Waals surface area contributed by atoms with Gasteiger partial charge in [0.2, 0.25) is 0 Å². The van der Waals surface area contributed by atoms with Gasteiger partial charge in [-0.2, -0.15) is 0 Å². The lowest BCUT2D eigenvalue weighted by atomic mass is 10.2. The molecule has 31 heavy (non-hydrogen) atoms. The minimum Gasteiger partial charge on any atom is -0.469 e. The molecule has 3 fully saturated rings. The van der Waals surface area contributed by atoms with Crippen LogP contribution in [0.3, 0.4) is 0 Å². The molecule has 0 bridgehead atoms. The molecule has 0 aliphatic carbocycles. The fourth-order valence-corrected chi connectivity index (χ4v) is 4.70. The number of hydrogen-bond donors (Lipinski definition) is 0. The van der Waals surface area contributed by atoms with Crippen LogP contribution in [0.5, 0.6) is 0 Å². The Labute approximate surface area is 187 Å². The maximum absolute atomic E-state index is 12.3. The molecule has 0 radical (unpaired) electrons. The van der Waals surface area contributed by atoms with Crippen molar-refractivity contribution in [3.05, 3.63) is 0 Å². The van der Waals surface area contributed by atoms with Crippen molar-refractivity contribution < 1.29 is 19.1 Å². The number of methoxy groups -OCH3 is 1. The number of carbonyl (C=O) groups excluding carboxylic acids is 2. The van der Waals surface area contributed by atoms with Crippen molar-refractivity contribution in [1.29, 1.82) is 0 Å². The topological polar surface area (TPSA) is 68.8 Å². The second-order valence-electron chi connectivity index (χ2n) is 8.90. The van der Waals surface area contributed by atoms with E-state index in [1.54, 1.807) is 0 Å². The van der Waals surface area contributed by atoms with Gasteiger partial charge in [0.25, 0.3) is 0 Å². The molecule has 0 N–H and O–H groups in total. The summed E-state index contributed by atoms with van der Waals surface area (Å²) in [5, 5.41) is 0. The largest absolute Gasteiger partial charge is 0.469 e. The summed E-state index contributed by atoms with van der Waals surface area (Å²) < 4.78 is 10.3. The van der Waals surface area contributed by atoms with Gasteiger partial charge < -0.3 is 29.1 Å². The summed E-state index contributed by atoms with van der Waals surface area (Å²) in [6, 6.07) is 0. The number of amides is 1. The average Bonchev–Trinajstić information content (AvgIpc) is 3.14. The van der Waals surface area contributed by atoms with Gasteiger partial charge in [0.05, 0.1) is 13.7 Å². The lowest BCUT2D eigenvalue weighted by Gasteiger charge is -2.35. The number of esters is 1. The third-order valence-corrected chi connectivity index (χ3v) is 6.77. The van der Waals surface area contributed by atoms with Crippen molar-refractivity contribution in [1.82, 2.24) is 24.5 Å². The molecule has 1 unspecified atom stereocenters. The second-order valence-corrected chi connectivity index (χ2v) is 8.90. The van der Waals surface area contributed by atoms with Crippen molar-refractivity contribution in [3.63, 3.8) is 0 Å². The van der Waals surface area contributed by atoms with Crippen LogP contribution in [-0.4, -0.2) is 141 Å². The van der Waals surface area contributed by atoms with Gasteiger partial charge in [-0.3, -0.25) is 9.69 Å². The highest BCUT2D eigenvalue weighted by Gasteiger charge is 2.32. The zero-order valence-corrected chi connectivity index (χ0v) is 19.5. The molecule has 1 amide bonds. The molecule has 1 atom stereocenters. The fourth-order valence-electron chi connectivity index (χ4n) is 4.70. The highest BCUT2D eigenvalue weighted by Crippen LogP contribution is 2.15. The SMILES string of the molecule is CCN1CCN(CCCN2CC(CN3CCN(CCCC(=O)OC)CC3)OC2=O)CC1. The lowest BCUT2D eigenvalue weighted by molar-refractivity contribution is -0.140.